The van der Waals surface area contributed by atoms with Crippen LogP contribution in [0.3, 0.4) is 0 Å². The van der Waals surface area contributed by atoms with E-state index in [-0.39, 0.29) is 0 Å². The lowest BCUT2D eigenvalue weighted by atomic mass is 9.99. The summed E-state index contributed by atoms with van der Waals surface area (Å²) in [5.74, 6) is 1.66. The van der Waals surface area contributed by atoms with Gasteiger partial charge in [-0.1, -0.05) is 133 Å². The van der Waals surface area contributed by atoms with E-state index in [1.54, 1.807) is 0 Å². The molecule has 3 aromatic heterocycles. The van der Waals surface area contributed by atoms with E-state index in [1.807, 2.05) is 127 Å². The van der Waals surface area contributed by atoms with Crippen molar-refractivity contribution in [3.05, 3.63) is 223 Å². The third kappa shape index (κ3) is 6.64. The Bertz CT molecular complexity index is 3790. The standard InChI is InChI=1S/C59H34N6O/c1-61-46-19-11-18-41(31-46)43-24-28-53-50(33-43)49-32-42(40-17-10-12-37(30-40)36-60)23-27-52(49)65(53)54-29-25-44(45-22-26-48-47-20-8-9-21-55(47)66-56(48)35-45)34-51(54)59-63-57(38-13-4-2-5-14-38)62-58(64-59)39-15-6-3-7-16-39/h2-35H. The summed E-state index contributed by atoms with van der Waals surface area (Å²) in [4.78, 5) is 19.3. The highest BCUT2D eigenvalue weighted by Gasteiger charge is 2.22. The molecule has 7 nitrogen and oxygen atoms in total. The van der Waals surface area contributed by atoms with Gasteiger partial charge in [-0.15, -0.1) is 0 Å². The van der Waals surface area contributed by atoms with Crippen LogP contribution >= 0.6 is 0 Å². The Morgan fingerprint density at radius 2 is 0.955 bits per heavy atom. The van der Waals surface area contributed by atoms with E-state index < -0.39 is 0 Å². The van der Waals surface area contributed by atoms with E-state index in [0.717, 1.165) is 99.5 Å². The van der Waals surface area contributed by atoms with Crippen molar-refractivity contribution >= 4 is 49.4 Å². The minimum Gasteiger partial charge on any atom is -0.456 e. The fourth-order valence-electron chi connectivity index (χ4n) is 9.09. The minimum atomic E-state index is 0.525. The van der Waals surface area contributed by atoms with Crippen molar-refractivity contribution in [2.24, 2.45) is 0 Å². The summed E-state index contributed by atoms with van der Waals surface area (Å²) in [6, 6.07) is 71.8. The molecule has 0 atom stereocenters. The first-order chi connectivity index (χ1) is 32.6. The lowest BCUT2D eigenvalue weighted by molar-refractivity contribution is 0.669. The van der Waals surface area contributed by atoms with Crippen molar-refractivity contribution in [2.75, 3.05) is 0 Å². The van der Waals surface area contributed by atoms with Crippen molar-refractivity contribution < 1.29 is 4.42 Å². The normalized spacial score (nSPS) is 11.3. The smallest absolute Gasteiger partial charge is 0.187 e. The van der Waals surface area contributed by atoms with Gasteiger partial charge in [0.05, 0.1) is 34.9 Å². The van der Waals surface area contributed by atoms with E-state index in [4.69, 9.17) is 25.9 Å². The van der Waals surface area contributed by atoms with Gasteiger partial charge in [0.15, 0.2) is 23.2 Å². The van der Waals surface area contributed by atoms with Gasteiger partial charge in [-0.25, -0.2) is 19.8 Å². The van der Waals surface area contributed by atoms with Gasteiger partial charge < -0.3 is 8.98 Å². The number of nitrogens with zero attached hydrogens (tertiary/aromatic N) is 6. The predicted octanol–water partition coefficient (Wildman–Crippen LogP) is 15.3. The molecule has 12 aromatic rings. The molecule has 0 spiro atoms. The third-order valence-corrected chi connectivity index (χ3v) is 12.3. The Morgan fingerprint density at radius 3 is 1.64 bits per heavy atom. The summed E-state index contributed by atoms with van der Waals surface area (Å²) in [5.41, 5.74) is 14.1. The van der Waals surface area contributed by atoms with Crippen LogP contribution in [0.15, 0.2) is 211 Å². The van der Waals surface area contributed by atoms with Crippen LogP contribution in [0.25, 0.3) is 122 Å². The van der Waals surface area contributed by atoms with Gasteiger partial charge in [0.2, 0.25) is 0 Å². The van der Waals surface area contributed by atoms with E-state index >= 15 is 0 Å². The predicted molar refractivity (Wildman–Crippen MR) is 265 cm³/mol. The topological polar surface area (TPSA) is 84.9 Å². The molecular formula is C59H34N6O. The van der Waals surface area contributed by atoms with Crippen LogP contribution in [0.5, 0.6) is 0 Å². The van der Waals surface area contributed by atoms with E-state index in [1.165, 1.54) is 0 Å². The molecule has 7 heteroatoms. The summed E-state index contributed by atoms with van der Waals surface area (Å²) >= 11 is 0. The number of fused-ring (bicyclic) bond motifs is 6. The summed E-state index contributed by atoms with van der Waals surface area (Å²) < 4.78 is 8.68. The molecule has 12 rings (SSSR count). The molecule has 9 aromatic carbocycles. The van der Waals surface area contributed by atoms with Gasteiger partial charge in [0.25, 0.3) is 0 Å². The second-order valence-electron chi connectivity index (χ2n) is 16.2. The maximum Gasteiger partial charge on any atom is 0.187 e. The largest absolute Gasteiger partial charge is 0.456 e. The molecule has 0 saturated carbocycles. The molecule has 306 valence electrons. The number of rotatable bonds is 7. The van der Waals surface area contributed by atoms with Crippen LogP contribution in [0.4, 0.5) is 5.69 Å². The van der Waals surface area contributed by atoms with Gasteiger partial charge >= 0.3 is 0 Å². The lowest BCUT2D eigenvalue weighted by Crippen LogP contribution is -2.04. The zero-order valence-electron chi connectivity index (χ0n) is 35.2. The maximum atomic E-state index is 9.79. The molecule has 66 heavy (non-hydrogen) atoms. The van der Waals surface area contributed by atoms with Crippen LogP contribution < -0.4 is 0 Å². The van der Waals surface area contributed by atoms with Crippen molar-refractivity contribution in [2.45, 2.75) is 0 Å². The van der Waals surface area contributed by atoms with Gasteiger partial charge in [0.1, 0.15) is 11.2 Å². The number of para-hydroxylation sites is 1. The molecule has 3 heterocycles. The third-order valence-electron chi connectivity index (χ3n) is 12.3. The lowest BCUT2D eigenvalue weighted by Gasteiger charge is -2.16. The highest BCUT2D eigenvalue weighted by molar-refractivity contribution is 6.12. The van der Waals surface area contributed by atoms with Crippen LogP contribution in [-0.2, 0) is 0 Å². The van der Waals surface area contributed by atoms with Crippen LogP contribution in [0, 0.1) is 17.9 Å². The second-order valence-corrected chi connectivity index (χ2v) is 16.2. The number of hydrogen-bond acceptors (Lipinski definition) is 5. The van der Waals surface area contributed by atoms with Crippen molar-refractivity contribution in [3.63, 3.8) is 0 Å². The van der Waals surface area contributed by atoms with Crippen molar-refractivity contribution in [3.8, 4) is 79.3 Å². The summed E-state index contributed by atoms with van der Waals surface area (Å²) in [7, 11) is 0. The quantitative estimate of drug-likeness (QED) is 0.149. The number of benzene rings is 9. The fraction of sp³-hybridized carbons (Fsp3) is 0. The van der Waals surface area contributed by atoms with E-state index in [2.05, 4.69) is 94.3 Å². The van der Waals surface area contributed by atoms with Gasteiger partial charge in [-0.2, -0.15) is 5.26 Å². The zero-order chi connectivity index (χ0) is 44.1. The molecular weight excluding hydrogens is 809 g/mol. The summed E-state index contributed by atoms with van der Waals surface area (Å²) in [5, 5.41) is 14.0. The van der Waals surface area contributed by atoms with E-state index in [0.29, 0.717) is 28.7 Å². The Labute approximate surface area is 379 Å². The molecule has 0 aliphatic heterocycles. The van der Waals surface area contributed by atoms with Gasteiger partial charge in [-0.05, 0) is 106 Å². The first-order valence-corrected chi connectivity index (χ1v) is 21.6. The van der Waals surface area contributed by atoms with Gasteiger partial charge in [0, 0.05) is 38.2 Å². The molecule has 0 amide bonds. The molecule has 0 aliphatic carbocycles. The first kappa shape index (κ1) is 38.3. The Morgan fingerprint density at radius 1 is 0.424 bits per heavy atom. The minimum absolute atomic E-state index is 0.525. The SMILES string of the molecule is [C-]#[N+]c1cccc(-c2ccc3c(c2)c2cc(-c4cccc(C#N)c4)ccc2n3-c2ccc(-c3ccc4c(c3)oc3ccccc34)cc2-c2nc(-c3ccccc3)nc(-c3ccccc3)n2)c1. The van der Waals surface area contributed by atoms with Crippen LogP contribution in [0.2, 0.25) is 0 Å². The molecule has 0 unspecified atom stereocenters. The Kier molecular flexibility index (Phi) is 9.12. The molecule has 0 saturated heterocycles. The highest BCUT2D eigenvalue weighted by Crippen LogP contribution is 2.42. The number of furan rings is 1. The van der Waals surface area contributed by atoms with Gasteiger partial charge in [-0.3, -0.25) is 0 Å². The summed E-state index contributed by atoms with van der Waals surface area (Å²) in [6.45, 7) is 7.70. The molecule has 0 bridgehead atoms. The molecule has 0 fully saturated rings. The second kappa shape index (κ2) is 15.7. The van der Waals surface area contributed by atoms with Crippen LogP contribution in [0.1, 0.15) is 5.56 Å². The Hall–Kier alpha value is -9.43. The number of nitriles is 1. The van der Waals surface area contributed by atoms with Crippen molar-refractivity contribution in [1.29, 1.82) is 5.26 Å². The monoisotopic (exact) mass is 842 g/mol. The molecule has 0 aliphatic rings. The first-order valence-electron chi connectivity index (χ1n) is 21.6. The van der Waals surface area contributed by atoms with E-state index in [9.17, 15) is 5.26 Å². The zero-order valence-corrected chi connectivity index (χ0v) is 35.2. The molecule has 0 N–H and O–H groups in total. The average Bonchev–Trinajstić information content (AvgIpc) is 3.93. The average molecular weight is 843 g/mol. The fourth-order valence-corrected chi connectivity index (χ4v) is 9.09. The van der Waals surface area contributed by atoms with Crippen molar-refractivity contribution in [1.82, 2.24) is 19.5 Å². The molecule has 0 radical (unpaired) electrons. The highest BCUT2D eigenvalue weighted by atomic mass is 16.3. The summed E-state index contributed by atoms with van der Waals surface area (Å²) in [6.07, 6.45) is 0. The number of hydrogen-bond donors (Lipinski definition) is 0. The Balaban J connectivity index is 1.14. The maximum absolute atomic E-state index is 9.79. The van der Waals surface area contributed by atoms with Crippen LogP contribution in [-0.4, -0.2) is 19.5 Å². The number of aromatic nitrogens is 4.